The fourth-order valence-electron chi connectivity index (χ4n) is 2.13. The maximum atomic E-state index is 11.2. The number of nitrogens with zero attached hydrogens (tertiary/aromatic N) is 2. The lowest BCUT2D eigenvalue weighted by Crippen LogP contribution is -2.37. The molecule has 0 radical (unpaired) electrons. The van der Waals surface area contributed by atoms with E-state index in [1.165, 1.54) is 25.2 Å². The molecule has 88 valence electrons. The van der Waals surface area contributed by atoms with E-state index in [4.69, 9.17) is 0 Å². The fourth-order valence-corrected chi connectivity index (χ4v) is 2.13. The van der Waals surface area contributed by atoms with Gasteiger partial charge in [0, 0.05) is 19.7 Å². The molecule has 2 N–H and O–H groups in total. The van der Waals surface area contributed by atoms with Crippen LogP contribution in [-0.4, -0.2) is 36.6 Å². The summed E-state index contributed by atoms with van der Waals surface area (Å²) < 4.78 is 0. The van der Waals surface area contributed by atoms with E-state index in [0.29, 0.717) is 5.92 Å². The molecular weight excluding hydrogens is 204 g/mol. The minimum Gasteiger partial charge on any atom is -0.359 e. The molecule has 1 aromatic rings. The van der Waals surface area contributed by atoms with Gasteiger partial charge in [0.2, 0.25) is 0 Å². The smallest absolute Gasteiger partial charge is 0.252 e. The summed E-state index contributed by atoms with van der Waals surface area (Å²) in [6.45, 7) is 3.14. The zero-order chi connectivity index (χ0) is 11.4. The van der Waals surface area contributed by atoms with Crippen molar-refractivity contribution >= 4 is 5.82 Å². The number of hydrogen-bond donors (Lipinski definition) is 2. The van der Waals surface area contributed by atoms with E-state index in [1.807, 2.05) is 11.9 Å². The number of hydrogen-bond acceptors (Lipinski definition) is 4. The number of piperidine rings is 1. The van der Waals surface area contributed by atoms with Gasteiger partial charge in [0.1, 0.15) is 5.82 Å². The first kappa shape index (κ1) is 11.1. The van der Waals surface area contributed by atoms with Crippen LogP contribution in [0.1, 0.15) is 12.8 Å². The van der Waals surface area contributed by atoms with E-state index >= 15 is 0 Å². The average molecular weight is 222 g/mol. The Morgan fingerprint density at radius 1 is 1.62 bits per heavy atom. The van der Waals surface area contributed by atoms with Gasteiger partial charge in [0.05, 0.1) is 6.33 Å². The molecule has 1 saturated heterocycles. The van der Waals surface area contributed by atoms with Crippen LogP contribution in [0.4, 0.5) is 5.82 Å². The second-order valence-electron chi connectivity index (χ2n) is 4.36. The van der Waals surface area contributed by atoms with Gasteiger partial charge in [-0.1, -0.05) is 0 Å². The predicted molar refractivity (Wildman–Crippen MR) is 63.7 cm³/mol. The molecule has 1 unspecified atom stereocenters. The van der Waals surface area contributed by atoms with E-state index in [2.05, 4.69) is 15.3 Å². The Morgan fingerprint density at radius 3 is 3.19 bits per heavy atom. The van der Waals surface area contributed by atoms with Crippen LogP contribution in [0.15, 0.2) is 17.2 Å². The maximum absolute atomic E-state index is 11.2. The Morgan fingerprint density at radius 2 is 2.50 bits per heavy atom. The van der Waals surface area contributed by atoms with Crippen LogP contribution in [0.2, 0.25) is 0 Å². The largest absolute Gasteiger partial charge is 0.359 e. The van der Waals surface area contributed by atoms with Crippen LogP contribution in [0.5, 0.6) is 0 Å². The summed E-state index contributed by atoms with van der Waals surface area (Å²) in [6, 6.07) is 1.54. The van der Waals surface area contributed by atoms with Crippen molar-refractivity contribution in [1.82, 2.24) is 15.3 Å². The Kier molecular flexibility index (Phi) is 3.56. The first-order chi connectivity index (χ1) is 7.75. The quantitative estimate of drug-likeness (QED) is 0.767. The molecule has 2 heterocycles. The van der Waals surface area contributed by atoms with Gasteiger partial charge in [-0.3, -0.25) is 4.79 Å². The predicted octanol–water partition coefficient (Wildman–Crippen LogP) is 0.206. The summed E-state index contributed by atoms with van der Waals surface area (Å²) in [6.07, 6.45) is 3.94. The van der Waals surface area contributed by atoms with Gasteiger partial charge in [0.15, 0.2) is 0 Å². The van der Waals surface area contributed by atoms with E-state index in [9.17, 15) is 4.79 Å². The van der Waals surface area contributed by atoms with Gasteiger partial charge in [-0.2, -0.15) is 0 Å². The van der Waals surface area contributed by atoms with Crippen LogP contribution < -0.4 is 15.8 Å². The number of H-pyrrole nitrogens is 1. The summed E-state index contributed by atoms with van der Waals surface area (Å²) in [5, 5.41) is 3.39. The van der Waals surface area contributed by atoms with Crippen LogP contribution in [0, 0.1) is 5.92 Å². The topological polar surface area (TPSA) is 61.0 Å². The molecule has 5 heteroatoms. The van der Waals surface area contributed by atoms with Crippen molar-refractivity contribution in [2.24, 2.45) is 5.92 Å². The van der Waals surface area contributed by atoms with Crippen LogP contribution in [0.25, 0.3) is 0 Å². The number of nitrogens with one attached hydrogen (secondary N) is 2. The summed E-state index contributed by atoms with van der Waals surface area (Å²) in [7, 11) is 1.98. The minimum atomic E-state index is -0.0985. The first-order valence-corrected chi connectivity index (χ1v) is 5.72. The average Bonchev–Trinajstić information content (AvgIpc) is 2.30. The second-order valence-corrected chi connectivity index (χ2v) is 4.36. The molecule has 16 heavy (non-hydrogen) atoms. The third kappa shape index (κ3) is 2.82. The van der Waals surface area contributed by atoms with Gasteiger partial charge in [-0.05, 0) is 31.8 Å². The molecule has 1 atom stereocenters. The van der Waals surface area contributed by atoms with Crippen molar-refractivity contribution in [3.05, 3.63) is 22.7 Å². The third-order valence-electron chi connectivity index (χ3n) is 2.99. The van der Waals surface area contributed by atoms with Crippen molar-refractivity contribution in [3.8, 4) is 0 Å². The molecule has 0 bridgehead atoms. The van der Waals surface area contributed by atoms with Crippen molar-refractivity contribution in [2.75, 3.05) is 31.6 Å². The molecule has 0 spiro atoms. The van der Waals surface area contributed by atoms with Gasteiger partial charge in [-0.15, -0.1) is 0 Å². The number of rotatable bonds is 3. The van der Waals surface area contributed by atoms with Gasteiger partial charge in [-0.25, -0.2) is 4.98 Å². The molecule has 1 aliphatic rings. The number of aromatic amines is 1. The van der Waals surface area contributed by atoms with Gasteiger partial charge in [0.25, 0.3) is 5.56 Å². The third-order valence-corrected chi connectivity index (χ3v) is 2.99. The second kappa shape index (κ2) is 5.12. The highest BCUT2D eigenvalue weighted by molar-refractivity contribution is 5.35. The zero-order valence-corrected chi connectivity index (χ0v) is 9.57. The lowest BCUT2D eigenvalue weighted by atomic mass is 9.99. The molecule has 5 nitrogen and oxygen atoms in total. The van der Waals surface area contributed by atoms with Crippen LogP contribution in [-0.2, 0) is 0 Å². The SMILES string of the molecule is CN(CC1CCCNC1)c1cc(=O)[nH]cn1. The Hall–Kier alpha value is -1.36. The Bertz CT molecular complexity index is 384. The van der Waals surface area contributed by atoms with Crippen molar-refractivity contribution in [1.29, 1.82) is 0 Å². The lowest BCUT2D eigenvalue weighted by Gasteiger charge is -2.28. The van der Waals surface area contributed by atoms with E-state index in [1.54, 1.807) is 0 Å². The van der Waals surface area contributed by atoms with Crippen molar-refractivity contribution < 1.29 is 0 Å². The summed E-state index contributed by atoms with van der Waals surface area (Å²) in [4.78, 5) is 19.9. The highest BCUT2D eigenvalue weighted by Crippen LogP contribution is 2.13. The molecule has 1 aliphatic heterocycles. The fraction of sp³-hybridized carbons (Fsp3) is 0.636. The monoisotopic (exact) mass is 222 g/mol. The highest BCUT2D eigenvalue weighted by atomic mass is 16.1. The van der Waals surface area contributed by atoms with Crippen molar-refractivity contribution in [2.45, 2.75) is 12.8 Å². The molecule has 1 fully saturated rings. The minimum absolute atomic E-state index is 0.0985. The number of anilines is 1. The molecule has 0 amide bonds. The molecule has 0 saturated carbocycles. The van der Waals surface area contributed by atoms with E-state index < -0.39 is 0 Å². The van der Waals surface area contributed by atoms with Gasteiger partial charge < -0.3 is 15.2 Å². The van der Waals surface area contributed by atoms with Gasteiger partial charge >= 0.3 is 0 Å². The zero-order valence-electron chi connectivity index (χ0n) is 9.57. The Labute approximate surface area is 94.9 Å². The summed E-state index contributed by atoms with van der Waals surface area (Å²) >= 11 is 0. The van der Waals surface area contributed by atoms with Crippen LogP contribution in [0.3, 0.4) is 0 Å². The summed E-state index contributed by atoms with van der Waals surface area (Å²) in [5.74, 6) is 1.40. The normalized spacial score (nSPS) is 20.7. The highest BCUT2D eigenvalue weighted by Gasteiger charge is 2.15. The molecule has 0 aliphatic carbocycles. The van der Waals surface area contributed by atoms with Crippen molar-refractivity contribution in [3.63, 3.8) is 0 Å². The lowest BCUT2D eigenvalue weighted by molar-refractivity contribution is 0.380. The molecule has 0 aromatic carbocycles. The first-order valence-electron chi connectivity index (χ1n) is 5.72. The summed E-state index contributed by atoms with van der Waals surface area (Å²) in [5.41, 5.74) is -0.0985. The Balaban J connectivity index is 1.96. The molecular formula is C11H18N4O. The molecule has 2 rings (SSSR count). The van der Waals surface area contributed by atoms with E-state index in [0.717, 1.165) is 25.5 Å². The molecule has 1 aromatic heterocycles. The van der Waals surface area contributed by atoms with Crippen LogP contribution >= 0.6 is 0 Å². The number of aromatic nitrogens is 2. The maximum Gasteiger partial charge on any atom is 0.252 e. The van der Waals surface area contributed by atoms with E-state index in [-0.39, 0.29) is 5.56 Å². The standard InChI is InChI=1S/C11H18N4O/c1-15(7-9-3-2-4-12-6-9)10-5-11(16)14-8-13-10/h5,8-9,12H,2-4,6-7H2,1H3,(H,13,14,16).